The van der Waals surface area contributed by atoms with Gasteiger partial charge in [0.2, 0.25) is 11.9 Å². The van der Waals surface area contributed by atoms with Gasteiger partial charge >= 0.3 is 0 Å². The van der Waals surface area contributed by atoms with Crippen LogP contribution in [0.15, 0.2) is 30.5 Å². The maximum Gasteiger partial charge on any atom is 0.249 e. The first kappa shape index (κ1) is 15.1. The fourth-order valence-corrected chi connectivity index (χ4v) is 2.45. The Morgan fingerprint density at radius 2 is 2.04 bits per heavy atom. The van der Waals surface area contributed by atoms with E-state index in [-0.39, 0.29) is 11.7 Å². The molecular weight excluding hydrogens is 299 g/mol. The average Bonchev–Trinajstić information content (AvgIpc) is 2.55. The van der Waals surface area contributed by atoms with Crippen LogP contribution in [0.5, 0.6) is 0 Å². The van der Waals surface area contributed by atoms with E-state index < -0.39 is 0 Å². The number of aromatic nitrogens is 3. The zero-order valence-electron chi connectivity index (χ0n) is 12.7. The third-order valence-electron chi connectivity index (χ3n) is 3.68. The molecule has 1 aliphatic heterocycles. The van der Waals surface area contributed by atoms with Gasteiger partial charge in [-0.2, -0.15) is 10.1 Å². The number of anilines is 3. The first-order valence-corrected chi connectivity index (χ1v) is 7.34. The summed E-state index contributed by atoms with van der Waals surface area (Å²) in [5, 5.41) is 10.8. The van der Waals surface area contributed by atoms with E-state index in [1.165, 1.54) is 12.1 Å². The lowest BCUT2D eigenvalue weighted by molar-refractivity contribution is -0.129. The van der Waals surface area contributed by atoms with Gasteiger partial charge in [0, 0.05) is 38.8 Å². The number of hydrogen-bond acceptors (Lipinski definition) is 6. The molecule has 8 heteroatoms. The largest absolute Gasteiger partial charge is 0.352 e. The summed E-state index contributed by atoms with van der Waals surface area (Å²) in [6.07, 6.45) is 1.58. The summed E-state index contributed by atoms with van der Waals surface area (Å²) < 4.78 is 13.2. The van der Waals surface area contributed by atoms with Crippen LogP contribution in [-0.4, -0.2) is 52.2 Å². The Bertz CT molecular complexity index is 702. The number of rotatable bonds is 3. The Labute approximate surface area is 133 Å². The van der Waals surface area contributed by atoms with Crippen LogP contribution in [0.4, 0.5) is 21.8 Å². The van der Waals surface area contributed by atoms with Crippen molar-refractivity contribution in [2.75, 3.05) is 36.4 Å². The maximum absolute atomic E-state index is 13.2. The highest BCUT2D eigenvalue weighted by Crippen LogP contribution is 2.17. The van der Waals surface area contributed by atoms with Crippen LogP contribution in [0.2, 0.25) is 0 Å². The van der Waals surface area contributed by atoms with Crippen molar-refractivity contribution in [1.29, 1.82) is 0 Å². The number of nitrogens with one attached hydrogen (secondary N) is 1. The second-order valence-corrected chi connectivity index (χ2v) is 5.27. The lowest BCUT2D eigenvalue weighted by atomic mass is 10.3. The van der Waals surface area contributed by atoms with Gasteiger partial charge in [-0.25, -0.2) is 4.39 Å². The summed E-state index contributed by atoms with van der Waals surface area (Å²) in [4.78, 5) is 19.6. The molecule has 1 fully saturated rings. The summed E-state index contributed by atoms with van der Waals surface area (Å²) in [7, 11) is 0. The van der Waals surface area contributed by atoms with Crippen molar-refractivity contribution in [1.82, 2.24) is 20.1 Å². The predicted molar refractivity (Wildman–Crippen MR) is 84.0 cm³/mol. The molecule has 1 N–H and O–H groups in total. The van der Waals surface area contributed by atoms with Gasteiger partial charge in [0.1, 0.15) is 5.82 Å². The van der Waals surface area contributed by atoms with Crippen LogP contribution in [0, 0.1) is 5.82 Å². The molecule has 1 saturated heterocycles. The Morgan fingerprint density at radius 1 is 1.26 bits per heavy atom. The minimum Gasteiger partial charge on any atom is -0.352 e. The minimum atomic E-state index is -0.334. The SMILES string of the molecule is CC(=O)N1CCN(c2cnnc(Nc3cccc(F)c3)n2)CC1. The first-order valence-electron chi connectivity index (χ1n) is 7.34. The number of hydrogen-bond donors (Lipinski definition) is 1. The predicted octanol–water partition coefficient (Wildman–Crippen LogP) is 1.42. The molecule has 2 aromatic rings. The summed E-state index contributed by atoms with van der Waals surface area (Å²) in [6.45, 7) is 4.27. The van der Waals surface area contributed by atoms with E-state index >= 15 is 0 Å². The smallest absolute Gasteiger partial charge is 0.249 e. The van der Waals surface area contributed by atoms with Crippen molar-refractivity contribution >= 4 is 23.4 Å². The van der Waals surface area contributed by atoms with Gasteiger partial charge in [-0.15, -0.1) is 5.10 Å². The normalized spacial score (nSPS) is 14.7. The molecule has 1 amide bonds. The van der Waals surface area contributed by atoms with Crippen LogP contribution in [0.3, 0.4) is 0 Å². The number of carbonyl (C=O) groups excluding carboxylic acids is 1. The Morgan fingerprint density at radius 3 is 2.74 bits per heavy atom. The maximum atomic E-state index is 13.2. The van der Waals surface area contributed by atoms with E-state index in [2.05, 4.69) is 20.5 Å². The molecule has 7 nitrogen and oxygen atoms in total. The lowest BCUT2D eigenvalue weighted by Gasteiger charge is -2.34. The molecule has 0 atom stereocenters. The molecule has 3 rings (SSSR count). The fourth-order valence-electron chi connectivity index (χ4n) is 2.45. The van der Waals surface area contributed by atoms with Gasteiger partial charge in [0.25, 0.3) is 0 Å². The molecule has 23 heavy (non-hydrogen) atoms. The van der Waals surface area contributed by atoms with Crippen LogP contribution >= 0.6 is 0 Å². The lowest BCUT2D eigenvalue weighted by Crippen LogP contribution is -2.48. The average molecular weight is 316 g/mol. The Balaban J connectivity index is 1.69. The van der Waals surface area contributed by atoms with E-state index in [1.54, 1.807) is 30.2 Å². The molecule has 1 aromatic heterocycles. The molecule has 1 aliphatic rings. The summed E-state index contributed by atoms with van der Waals surface area (Å²) >= 11 is 0. The fraction of sp³-hybridized carbons (Fsp3) is 0.333. The number of nitrogens with zero attached hydrogens (tertiary/aromatic N) is 5. The molecule has 0 bridgehead atoms. The monoisotopic (exact) mass is 316 g/mol. The third kappa shape index (κ3) is 3.71. The van der Waals surface area contributed by atoms with Crippen molar-refractivity contribution in [3.8, 4) is 0 Å². The van der Waals surface area contributed by atoms with Crippen LogP contribution in [0.1, 0.15) is 6.92 Å². The number of piperazine rings is 1. The van der Waals surface area contributed by atoms with Gasteiger partial charge in [-0.05, 0) is 18.2 Å². The van der Waals surface area contributed by atoms with Crippen molar-refractivity contribution in [3.05, 3.63) is 36.3 Å². The number of amides is 1. The van der Waals surface area contributed by atoms with E-state index in [4.69, 9.17) is 0 Å². The molecular formula is C15H17FN6O. The van der Waals surface area contributed by atoms with E-state index in [1.807, 2.05) is 4.90 Å². The molecule has 120 valence electrons. The molecule has 0 spiro atoms. The Hall–Kier alpha value is -2.77. The Kier molecular flexibility index (Phi) is 4.31. The van der Waals surface area contributed by atoms with Crippen molar-refractivity contribution in [3.63, 3.8) is 0 Å². The second-order valence-electron chi connectivity index (χ2n) is 5.27. The molecule has 1 aromatic carbocycles. The summed E-state index contributed by atoms with van der Waals surface area (Å²) in [5.41, 5.74) is 0.561. The van der Waals surface area contributed by atoms with E-state index in [0.29, 0.717) is 43.6 Å². The number of benzene rings is 1. The highest BCUT2D eigenvalue weighted by Gasteiger charge is 2.20. The van der Waals surface area contributed by atoms with Gasteiger partial charge in [0.05, 0.1) is 6.20 Å². The summed E-state index contributed by atoms with van der Waals surface area (Å²) in [5.74, 6) is 0.739. The zero-order chi connectivity index (χ0) is 16.2. The van der Waals surface area contributed by atoms with E-state index in [9.17, 15) is 9.18 Å². The van der Waals surface area contributed by atoms with Crippen LogP contribution in [0.25, 0.3) is 0 Å². The molecule has 2 heterocycles. The van der Waals surface area contributed by atoms with Gasteiger partial charge in [0.15, 0.2) is 5.82 Å². The van der Waals surface area contributed by atoms with Crippen molar-refractivity contribution in [2.45, 2.75) is 6.92 Å². The standard InChI is InChI=1S/C15H17FN6O/c1-11(23)21-5-7-22(8-6-21)14-10-17-20-15(19-14)18-13-4-2-3-12(16)9-13/h2-4,9-10H,5-8H2,1H3,(H,18,19,20). The zero-order valence-corrected chi connectivity index (χ0v) is 12.7. The topological polar surface area (TPSA) is 74.2 Å². The van der Waals surface area contributed by atoms with Gasteiger partial charge < -0.3 is 15.1 Å². The number of carbonyl (C=O) groups is 1. The van der Waals surface area contributed by atoms with Gasteiger partial charge in [-0.1, -0.05) is 6.07 Å². The van der Waals surface area contributed by atoms with Crippen LogP contribution < -0.4 is 10.2 Å². The highest BCUT2D eigenvalue weighted by molar-refractivity contribution is 5.73. The first-order chi connectivity index (χ1) is 11.1. The third-order valence-corrected chi connectivity index (χ3v) is 3.68. The van der Waals surface area contributed by atoms with Crippen LogP contribution in [-0.2, 0) is 4.79 Å². The molecule has 0 saturated carbocycles. The van der Waals surface area contributed by atoms with Gasteiger partial charge in [-0.3, -0.25) is 4.79 Å². The second kappa shape index (κ2) is 6.55. The molecule has 0 aliphatic carbocycles. The minimum absolute atomic E-state index is 0.0823. The number of halogens is 1. The summed E-state index contributed by atoms with van der Waals surface area (Å²) in [6, 6.07) is 6.07. The quantitative estimate of drug-likeness (QED) is 0.923. The molecule has 0 unspecified atom stereocenters. The van der Waals surface area contributed by atoms with E-state index in [0.717, 1.165) is 0 Å². The van der Waals surface area contributed by atoms with Crippen molar-refractivity contribution in [2.24, 2.45) is 0 Å². The van der Waals surface area contributed by atoms with Crippen molar-refractivity contribution < 1.29 is 9.18 Å². The highest BCUT2D eigenvalue weighted by atomic mass is 19.1. The molecule has 0 radical (unpaired) electrons.